The molecule has 0 aliphatic carbocycles. The van der Waals surface area contributed by atoms with Crippen LogP contribution < -0.4 is 0 Å². The smallest absolute Gasteiger partial charge is 0.328 e. The summed E-state index contributed by atoms with van der Waals surface area (Å²) in [5, 5.41) is 10.0. The number of H-pyrrole nitrogens is 1. The van der Waals surface area contributed by atoms with Gasteiger partial charge in [-0.05, 0) is 56.5 Å². The lowest BCUT2D eigenvalue weighted by atomic mass is 9.89. The first-order valence-electron chi connectivity index (χ1n) is 10.1. The maximum absolute atomic E-state index is 14.7. The zero-order chi connectivity index (χ0) is 21.5. The van der Waals surface area contributed by atoms with Crippen LogP contribution in [-0.2, 0) is 11.2 Å². The third-order valence-corrected chi connectivity index (χ3v) is 5.58. The molecule has 0 amide bonds. The highest BCUT2D eigenvalue weighted by molar-refractivity contribution is 5.86. The number of alkyl halides is 1. The molecule has 2 atom stereocenters. The van der Waals surface area contributed by atoms with Crippen LogP contribution in [0.15, 0.2) is 48.7 Å². The highest BCUT2D eigenvalue weighted by atomic mass is 19.1. The van der Waals surface area contributed by atoms with Gasteiger partial charge in [0.15, 0.2) is 0 Å². The molecule has 0 spiro atoms. The van der Waals surface area contributed by atoms with E-state index in [4.69, 9.17) is 5.11 Å². The van der Waals surface area contributed by atoms with E-state index >= 15 is 0 Å². The summed E-state index contributed by atoms with van der Waals surface area (Å²) in [7, 11) is 0. The molecule has 1 aliphatic heterocycles. The van der Waals surface area contributed by atoms with Crippen LogP contribution >= 0.6 is 0 Å². The van der Waals surface area contributed by atoms with Crippen LogP contribution in [0.3, 0.4) is 0 Å². The van der Waals surface area contributed by atoms with Crippen LogP contribution in [0, 0.1) is 0 Å². The van der Waals surface area contributed by atoms with Crippen molar-refractivity contribution in [3.63, 3.8) is 0 Å². The number of aromatic amines is 1. The van der Waals surface area contributed by atoms with Gasteiger partial charge in [-0.3, -0.25) is 9.88 Å². The number of aromatic nitrogens is 2. The van der Waals surface area contributed by atoms with Gasteiger partial charge in [-0.1, -0.05) is 24.3 Å². The van der Waals surface area contributed by atoms with Gasteiger partial charge < -0.3 is 10.1 Å². The summed E-state index contributed by atoms with van der Waals surface area (Å²) in [5.74, 6) is -1.00. The lowest BCUT2D eigenvalue weighted by Gasteiger charge is -2.42. The van der Waals surface area contributed by atoms with Crippen LogP contribution in [0.5, 0.6) is 0 Å². The van der Waals surface area contributed by atoms with E-state index in [1.165, 1.54) is 17.0 Å². The molecule has 0 bridgehead atoms. The van der Waals surface area contributed by atoms with E-state index in [1.54, 1.807) is 20.0 Å². The Labute approximate surface area is 175 Å². The summed E-state index contributed by atoms with van der Waals surface area (Å²) in [6.07, 6.45) is 5.10. The Hall–Kier alpha value is -2.99. The fourth-order valence-electron chi connectivity index (χ4n) is 4.35. The van der Waals surface area contributed by atoms with Crippen molar-refractivity contribution in [2.45, 2.75) is 44.9 Å². The summed E-state index contributed by atoms with van der Waals surface area (Å²) in [6.45, 7) is 5.62. The van der Waals surface area contributed by atoms with Gasteiger partial charge in [0.25, 0.3) is 0 Å². The molecular formula is C24H26FN3O2. The fourth-order valence-corrected chi connectivity index (χ4v) is 4.35. The van der Waals surface area contributed by atoms with Crippen molar-refractivity contribution in [2.75, 3.05) is 6.54 Å². The molecule has 2 N–H and O–H groups in total. The van der Waals surface area contributed by atoms with Gasteiger partial charge in [-0.15, -0.1) is 0 Å². The number of nitrogens with zero attached hydrogens (tertiary/aromatic N) is 2. The van der Waals surface area contributed by atoms with Crippen molar-refractivity contribution in [3.8, 4) is 0 Å². The Bertz CT molecular complexity index is 1100. The molecule has 0 saturated heterocycles. The number of nitrogens with one attached hydrogen (secondary N) is 1. The molecule has 0 saturated carbocycles. The first-order valence-corrected chi connectivity index (χ1v) is 10.1. The van der Waals surface area contributed by atoms with Gasteiger partial charge in [-0.25, -0.2) is 9.18 Å². The summed E-state index contributed by atoms with van der Waals surface area (Å²) in [4.78, 5) is 21.1. The van der Waals surface area contributed by atoms with E-state index < -0.39 is 11.6 Å². The second kappa shape index (κ2) is 7.69. The SMILES string of the molecule is C[C@@H]1Cc2c([nH]c3ccccc23)[C@@H](c2ccc(/C=C/C(=O)O)cn2)N1CC(C)(C)F. The van der Waals surface area contributed by atoms with Gasteiger partial charge >= 0.3 is 5.97 Å². The van der Waals surface area contributed by atoms with Crippen molar-refractivity contribution >= 4 is 22.9 Å². The largest absolute Gasteiger partial charge is 0.478 e. The minimum absolute atomic E-state index is 0.144. The molecular weight excluding hydrogens is 381 g/mol. The first-order chi connectivity index (χ1) is 14.2. The molecule has 5 nitrogen and oxygen atoms in total. The van der Waals surface area contributed by atoms with E-state index in [0.29, 0.717) is 5.56 Å². The van der Waals surface area contributed by atoms with E-state index in [2.05, 4.69) is 33.9 Å². The topological polar surface area (TPSA) is 69.2 Å². The van der Waals surface area contributed by atoms with Crippen molar-refractivity contribution in [2.24, 2.45) is 0 Å². The standard InChI is InChI=1S/C24H26FN3O2/c1-15-12-18-17-6-4-5-7-19(17)27-22(18)23(28(15)14-24(2,3)25)20-10-8-16(13-26-20)9-11-21(29)30/h4-11,13,15,23,27H,12,14H2,1-3H3,(H,29,30)/b11-9+/t15-,23-/m1/s1. The Morgan fingerprint density at radius 3 is 2.77 bits per heavy atom. The quantitative estimate of drug-likeness (QED) is 0.599. The Kier molecular flexibility index (Phi) is 5.20. The molecule has 1 aliphatic rings. The van der Waals surface area contributed by atoms with Crippen LogP contribution in [-0.4, -0.2) is 44.2 Å². The highest BCUT2D eigenvalue weighted by Gasteiger charge is 2.39. The number of carbonyl (C=O) groups is 1. The number of hydrogen-bond donors (Lipinski definition) is 2. The van der Waals surface area contributed by atoms with Crippen LogP contribution in [0.1, 0.15) is 49.3 Å². The number of carboxylic acid groups (broad SMARTS) is 1. The lowest BCUT2D eigenvalue weighted by molar-refractivity contribution is -0.131. The highest BCUT2D eigenvalue weighted by Crippen LogP contribution is 2.41. The summed E-state index contributed by atoms with van der Waals surface area (Å²) in [5.41, 5.74) is 3.56. The average molecular weight is 407 g/mol. The minimum Gasteiger partial charge on any atom is -0.478 e. The van der Waals surface area contributed by atoms with Gasteiger partial charge in [0.2, 0.25) is 0 Å². The molecule has 0 fully saturated rings. The number of pyridine rings is 1. The molecule has 2 aromatic heterocycles. The molecule has 3 heterocycles. The second-order valence-corrected chi connectivity index (χ2v) is 8.60. The molecule has 30 heavy (non-hydrogen) atoms. The second-order valence-electron chi connectivity index (χ2n) is 8.60. The third kappa shape index (κ3) is 4.00. The zero-order valence-electron chi connectivity index (χ0n) is 17.4. The van der Waals surface area contributed by atoms with Gasteiger partial charge in [0, 0.05) is 41.5 Å². The van der Waals surface area contributed by atoms with Gasteiger partial charge in [-0.2, -0.15) is 0 Å². The molecule has 0 unspecified atom stereocenters. The number of benzene rings is 1. The molecule has 4 rings (SSSR count). The first kappa shape index (κ1) is 20.3. The van der Waals surface area contributed by atoms with Crippen molar-refractivity contribution < 1.29 is 14.3 Å². The number of carboxylic acids is 1. The normalized spacial score (nSPS) is 20.0. The summed E-state index contributed by atoms with van der Waals surface area (Å²) >= 11 is 0. The van der Waals surface area contributed by atoms with Gasteiger partial charge in [0.05, 0.1) is 11.7 Å². The zero-order valence-corrected chi connectivity index (χ0v) is 17.4. The number of fused-ring (bicyclic) bond motifs is 3. The number of rotatable bonds is 5. The van der Waals surface area contributed by atoms with E-state index in [1.807, 2.05) is 24.3 Å². The lowest BCUT2D eigenvalue weighted by Crippen LogP contribution is -2.48. The van der Waals surface area contributed by atoms with E-state index in [-0.39, 0.29) is 18.6 Å². The summed E-state index contributed by atoms with van der Waals surface area (Å²) in [6, 6.07) is 11.9. The van der Waals surface area contributed by atoms with Crippen LogP contribution in [0.2, 0.25) is 0 Å². The molecule has 156 valence electrons. The number of para-hydroxylation sites is 1. The van der Waals surface area contributed by atoms with Gasteiger partial charge in [0.1, 0.15) is 5.67 Å². The van der Waals surface area contributed by atoms with Crippen LogP contribution in [0.25, 0.3) is 17.0 Å². The fraction of sp³-hybridized carbons (Fsp3) is 0.333. The number of halogens is 1. The Morgan fingerprint density at radius 2 is 2.10 bits per heavy atom. The molecule has 6 heteroatoms. The summed E-state index contributed by atoms with van der Waals surface area (Å²) < 4.78 is 14.7. The maximum Gasteiger partial charge on any atom is 0.328 e. The third-order valence-electron chi connectivity index (χ3n) is 5.58. The van der Waals surface area contributed by atoms with E-state index in [0.717, 1.165) is 29.4 Å². The van der Waals surface area contributed by atoms with Crippen LogP contribution in [0.4, 0.5) is 4.39 Å². The number of hydrogen-bond acceptors (Lipinski definition) is 3. The van der Waals surface area contributed by atoms with E-state index in [9.17, 15) is 9.18 Å². The maximum atomic E-state index is 14.7. The molecule has 3 aromatic rings. The molecule has 0 radical (unpaired) electrons. The predicted molar refractivity (Wildman–Crippen MR) is 116 cm³/mol. The van der Waals surface area contributed by atoms with Crippen molar-refractivity contribution in [1.29, 1.82) is 0 Å². The predicted octanol–water partition coefficient (Wildman–Crippen LogP) is 4.74. The Balaban J connectivity index is 1.81. The minimum atomic E-state index is -1.35. The number of aliphatic carboxylic acids is 1. The monoisotopic (exact) mass is 407 g/mol. The van der Waals surface area contributed by atoms with Crippen molar-refractivity contribution in [3.05, 3.63) is 71.2 Å². The van der Waals surface area contributed by atoms with Crippen molar-refractivity contribution in [1.82, 2.24) is 14.9 Å². The molecule has 1 aromatic carbocycles. The Morgan fingerprint density at radius 1 is 1.33 bits per heavy atom. The average Bonchev–Trinajstić information content (AvgIpc) is 3.04.